The van der Waals surface area contributed by atoms with Crippen molar-refractivity contribution in [2.45, 2.75) is 26.7 Å². The largest absolute Gasteiger partial charge is 0.469 e. The molecule has 1 aromatic carbocycles. The molecule has 0 saturated heterocycles. The van der Waals surface area contributed by atoms with Gasteiger partial charge in [0.15, 0.2) is 0 Å². The second kappa shape index (κ2) is 8.14. The van der Waals surface area contributed by atoms with Crippen LogP contribution in [0, 0.1) is 45.3 Å². The molecule has 0 aromatic heterocycles. The Morgan fingerprint density at radius 1 is 0.885 bits per heavy atom. The summed E-state index contributed by atoms with van der Waals surface area (Å²) >= 11 is 0. The van der Waals surface area contributed by atoms with Crippen LogP contribution in [0.3, 0.4) is 0 Å². The number of hydrogen-bond acceptors (Lipinski definition) is 7. The summed E-state index contributed by atoms with van der Waals surface area (Å²) in [7, 11) is 2.38. The van der Waals surface area contributed by atoms with Gasteiger partial charge in [-0.25, -0.2) is 0 Å². The lowest BCUT2D eigenvalue weighted by Gasteiger charge is -2.34. The molecule has 0 fully saturated rings. The lowest BCUT2D eigenvalue weighted by molar-refractivity contribution is -0.158. The van der Waals surface area contributed by atoms with Gasteiger partial charge in [-0.05, 0) is 23.1 Å². The number of esters is 2. The van der Waals surface area contributed by atoms with E-state index in [9.17, 15) is 20.1 Å². The van der Waals surface area contributed by atoms with Gasteiger partial charge in [-0.15, -0.1) is 0 Å². The summed E-state index contributed by atoms with van der Waals surface area (Å²) in [6.07, 6.45) is 0. The highest BCUT2D eigenvalue weighted by atomic mass is 16.5. The Kier molecular flexibility index (Phi) is 6.47. The molecule has 0 unspecified atom stereocenters. The summed E-state index contributed by atoms with van der Waals surface area (Å²) in [5, 5.41) is 27.9. The van der Waals surface area contributed by atoms with Crippen LogP contribution in [0.5, 0.6) is 0 Å². The number of methoxy groups -OCH3 is 2. The Balaban J connectivity index is 3.85. The molecule has 1 rings (SSSR count). The van der Waals surface area contributed by atoms with E-state index in [4.69, 9.17) is 14.7 Å². The lowest BCUT2D eigenvalue weighted by atomic mass is 9.69. The fraction of sp³-hybridized carbons (Fsp3) is 0.421. The maximum atomic E-state index is 12.6. The molecule has 134 valence electrons. The Hall–Kier alpha value is -3.37. The number of nitrogens with zero attached hydrogens (tertiary/aromatic N) is 3. The van der Waals surface area contributed by atoms with Crippen LogP contribution in [-0.4, -0.2) is 26.2 Å². The molecule has 0 heterocycles. The van der Waals surface area contributed by atoms with Gasteiger partial charge in [0.05, 0.1) is 48.8 Å². The highest BCUT2D eigenvalue weighted by Gasteiger charge is 2.45. The summed E-state index contributed by atoms with van der Waals surface area (Å²) in [6, 6.07) is 8.17. The highest BCUT2D eigenvalue weighted by Crippen LogP contribution is 2.41. The molecule has 7 heteroatoms. The summed E-state index contributed by atoms with van der Waals surface area (Å²) in [5.74, 6) is -3.51. The summed E-state index contributed by atoms with van der Waals surface area (Å²) in [6.45, 7) is 5.27. The molecule has 7 nitrogen and oxygen atoms in total. The van der Waals surface area contributed by atoms with Gasteiger partial charge in [0, 0.05) is 0 Å². The molecule has 0 bridgehead atoms. The fourth-order valence-corrected chi connectivity index (χ4v) is 2.84. The van der Waals surface area contributed by atoms with Crippen LogP contribution in [0.15, 0.2) is 12.1 Å². The Bertz CT molecular complexity index is 848. The average Bonchev–Trinajstić information content (AvgIpc) is 2.62. The lowest BCUT2D eigenvalue weighted by Crippen LogP contribution is -2.39. The number of rotatable bonds is 4. The van der Waals surface area contributed by atoms with Crippen molar-refractivity contribution in [3.8, 4) is 18.2 Å². The average molecular weight is 353 g/mol. The zero-order valence-corrected chi connectivity index (χ0v) is 15.3. The van der Waals surface area contributed by atoms with E-state index in [1.807, 2.05) is 18.2 Å². The molecule has 0 aliphatic heterocycles. The standard InChI is InChI=1S/C19H19N3O4/c1-19(2,3)16(18(24)26-5)15(17(23)25-4)14-7-12(9-21)11(8-20)6-13(14)10-22/h6-7,15-16H,1-5H3/t15-,16+/m0/s1. The van der Waals surface area contributed by atoms with E-state index in [1.165, 1.54) is 26.4 Å². The minimum Gasteiger partial charge on any atom is -0.469 e. The Labute approximate surface area is 152 Å². The molecule has 0 saturated carbocycles. The number of carbonyl (C=O) groups excluding carboxylic acids is 2. The molecule has 2 atom stereocenters. The molecule has 0 spiro atoms. The van der Waals surface area contributed by atoms with E-state index >= 15 is 0 Å². The zero-order valence-electron chi connectivity index (χ0n) is 15.3. The number of ether oxygens (including phenoxy) is 2. The maximum Gasteiger partial charge on any atom is 0.314 e. The van der Waals surface area contributed by atoms with E-state index in [0.29, 0.717) is 0 Å². The van der Waals surface area contributed by atoms with Gasteiger partial charge in [-0.2, -0.15) is 15.8 Å². The van der Waals surface area contributed by atoms with Crippen LogP contribution in [0.25, 0.3) is 0 Å². The first kappa shape index (κ1) is 20.7. The number of hydrogen-bond donors (Lipinski definition) is 0. The van der Waals surface area contributed by atoms with Gasteiger partial charge in [-0.3, -0.25) is 9.59 Å². The molecule has 1 aromatic rings. The number of benzene rings is 1. The van der Waals surface area contributed by atoms with Crippen LogP contribution < -0.4 is 0 Å². The van der Waals surface area contributed by atoms with Crippen LogP contribution in [0.2, 0.25) is 0 Å². The molecule has 0 amide bonds. The smallest absolute Gasteiger partial charge is 0.314 e. The Morgan fingerprint density at radius 2 is 1.35 bits per heavy atom. The van der Waals surface area contributed by atoms with Gasteiger partial charge in [0.1, 0.15) is 12.1 Å². The van der Waals surface area contributed by atoms with Gasteiger partial charge in [-0.1, -0.05) is 20.8 Å². The third-order valence-corrected chi connectivity index (χ3v) is 4.06. The van der Waals surface area contributed by atoms with Crippen molar-refractivity contribution in [2.24, 2.45) is 11.3 Å². The normalized spacial score (nSPS) is 12.7. The van der Waals surface area contributed by atoms with Crippen molar-refractivity contribution >= 4 is 11.9 Å². The van der Waals surface area contributed by atoms with Crippen LogP contribution in [0.1, 0.15) is 48.9 Å². The van der Waals surface area contributed by atoms with Crippen molar-refractivity contribution in [1.82, 2.24) is 0 Å². The van der Waals surface area contributed by atoms with Gasteiger partial charge in [0.2, 0.25) is 0 Å². The second-order valence-corrected chi connectivity index (χ2v) is 6.69. The minimum absolute atomic E-state index is 0.00734. The summed E-state index contributed by atoms with van der Waals surface area (Å²) in [4.78, 5) is 25.0. The molecule has 26 heavy (non-hydrogen) atoms. The number of carbonyl (C=O) groups is 2. The molecular formula is C19H19N3O4. The van der Waals surface area contributed by atoms with Gasteiger partial charge >= 0.3 is 11.9 Å². The highest BCUT2D eigenvalue weighted by molar-refractivity contribution is 5.87. The van der Waals surface area contributed by atoms with Crippen LogP contribution in [-0.2, 0) is 19.1 Å². The Morgan fingerprint density at radius 3 is 1.73 bits per heavy atom. The molecule has 0 aliphatic carbocycles. The van der Waals surface area contributed by atoms with E-state index in [1.54, 1.807) is 20.8 Å². The first-order valence-corrected chi connectivity index (χ1v) is 7.70. The first-order valence-electron chi connectivity index (χ1n) is 7.70. The fourth-order valence-electron chi connectivity index (χ4n) is 2.84. The first-order chi connectivity index (χ1) is 12.2. The van der Waals surface area contributed by atoms with Crippen molar-refractivity contribution in [3.63, 3.8) is 0 Å². The summed E-state index contributed by atoms with van der Waals surface area (Å²) in [5.41, 5.74) is -0.511. The quantitative estimate of drug-likeness (QED) is 0.761. The van der Waals surface area contributed by atoms with Crippen molar-refractivity contribution < 1.29 is 19.1 Å². The third kappa shape index (κ3) is 3.99. The van der Waals surface area contributed by atoms with Crippen molar-refractivity contribution in [1.29, 1.82) is 15.8 Å². The van der Waals surface area contributed by atoms with Crippen LogP contribution in [0.4, 0.5) is 0 Å². The van der Waals surface area contributed by atoms with E-state index in [-0.39, 0.29) is 22.3 Å². The van der Waals surface area contributed by atoms with Gasteiger partial charge < -0.3 is 9.47 Å². The zero-order chi connectivity index (χ0) is 20.1. The minimum atomic E-state index is -1.16. The van der Waals surface area contributed by atoms with Crippen molar-refractivity contribution in [2.75, 3.05) is 14.2 Å². The predicted molar refractivity (Wildman–Crippen MR) is 90.3 cm³/mol. The third-order valence-electron chi connectivity index (χ3n) is 4.06. The monoisotopic (exact) mass is 353 g/mol. The number of nitriles is 3. The predicted octanol–water partition coefficient (Wildman–Crippen LogP) is 2.39. The summed E-state index contributed by atoms with van der Waals surface area (Å²) < 4.78 is 9.73. The topological polar surface area (TPSA) is 124 Å². The van der Waals surface area contributed by atoms with E-state index in [0.717, 1.165) is 0 Å². The SMILES string of the molecule is COC(=O)[C@@H](c1cc(C#N)c(C#N)cc1C#N)[C@H](C(=O)OC)C(C)(C)C. The van der Waals surface area contributed by atoms with Crippen LogP contribution >= 0.6 is 0 Å². The maximum absolute atomic E-state index is 12.6. The van der Waals surface area contributed by atoms with E-state index < -0.39 is 29.2 Å². The molecular weight excluding hydrogens is 334 g/mol. The van der Waals surface area contributed by atoms with Gasteiger partial charge in [0.25, 0.3) is 0 Å². The second-order valence-electron chi connectivity index (χ2n) is 6.69. The molecule has 0 N–H and O–H groups in total. The van der Waals surface area contributed by atoms with E-state index in [2.05, 4.69) is 0 Å². The van der Waals surface area contributed by atoms with Crippen molar-refractivity contribution in [3.05, 3.63) is 34.4 Å². The molecule has 0 radical (unpaired) electrons. The molecule has 0 aliphatic rings.